The van der Waals surface area contributed by atoms with E-state index < -0.39 is 0 Å². The Balaban J connectivity index is 1.39. The molecule has 2 fully saturated rings. The molecule has 0 radical (unpaired) electrons. The number of nitrogens with zero attached hydrogens (tertiary/aromatic N) is 5. The van der Waals surface area contributed by atoms with Crippen molar-refractivity contribution in [3.05, 3.63) is 30.7 Å². The number of ether oxygens (including phenoxy) is 1. The van der Waals surface area contributed by atoms with E-state index >= 15 is 0 Å². The van der Waals surface area contributed by atoms with Gasteiger partial charge < -0.3 is 25.6 Å². The normalized spacial score (nSPS) is 20.4. The molecule has 0 bridgehead atoms. The predicted octanol–water partition coefficient (Wildman–Crippen LogP) is 1.37. The lowest BCUT2D eigenvalue weighted by Crippen LogP contribution is -2.47. The van der Waals surface area contributed by atoms with Crippen molar-refractivity contribution >= 4 is 23.1 Å². The van der Waals surface area contributed by atoms with Crippen molar-refractivity contribution < 1.29 is 4.74 Å². The van der Waals surface area contributed by atoms with Gasteiger partial charge in [0.1, 0.15) is 17.8 Å². The fourth-order valence-corrected chi connectivity index (χ4v) is 3.48. The van der Waals surface area contributed by atoms with Crippen LogP contribution in [0.3, 0.4) is 0 Å². The third kappa shape index (κ3) is 3.65. The molecular formula is C18H25N7O. The zero-order chi connectivity index (χ0) is 17.8. The van der Waals surface area contributed by atoms with E-state index in [9.17, 15) is 0 Å². The monoisotopic (exact) mass is 355 g/mol. The zero-order valence-electron chi connectivity index (χ0n) is 14.8. The summed E-state index contributed by atoms with van der Waals surface area (Å²) in [7, 11) is 0. The number of hydrogen-bond donors (Lipinski definition) is 2. The molecular weight excluding hydrogens is 330 g/mol. The fourth-order valence-electron chi connectivity index (χ4n) is 3.48. The molecule has 138 valence electrons. The van der Waals surface area contributed by atoms with Gasteiger partial charge in [-0.2, -0.15) is 0 Å². The van der Waals surface area contributed by atoms with Gasteiger partial charge in [0.05, 0.1) is 6.10 Å². The molecule has 26 heavy (non-hydrogen) atoms. The molecule has 1 unspecified atom stereocenters. The molecule has 0 aromatic carbocycles. The number of pyridine rings is 1. The van der Waals surface area contributed by atoms with Crippen LogP contribution in [0.1, 0.15) is 12.8 Å². The molecule has 2 aliphatic rings. The maximum atomic E-state index is 6.35. The van der Waals surface area contributed by atoms with E-state index in [0.717, 1.165) is 63.8 Å². The SMILES string of the molecule is Nc1c(NCC2CCCO2)ncnc1N1CCN(c2ccccn2)CC1. The minimum atomic E-state index is 0.245. The Morgan fingerprint density at radius 3 is 2.69 bits per heavy atom. The summed E-state index contributed by atoms with van der Waals surface area (Å²) in [5.41, 5.74) is 6.96. The van der Waals surface area contributed by atoms with Crippen LogP contribution >= 0.6 is 0 Å². The van der Waals surface area contributed by atoms with Gasteiger partial charge in [0.15, 0.2) is 11.6 Å². The van der Waals surface area contributed by atoms with E-state index in [4.69, 9.17) is 10.5 Å². The summed E-state index contributed by atoms with van der Waals surface area (Å²) in [5, 5.41) is 3.32. The first kappa shape index (κ1) is 16.8. The molecule has 4 rings (SSSR count). The minimum Gasteiger partial charge on any atom is -0.393 e. The highest BCUT2D eigenvalue weighted by Gasteiger charge is 2.22. The van der Waals surface area contributed by atoms with Gasteiger partial charge in [-0.3, -0.25) is 0 Å². The van der Waals surface area contributed by atoms with Crippen LogP contribution in [0.5, 0.6) is 0 Å². The van der Waals surface area contributed by atoms with E-state index in [2.05, 4.69) is 30.1 Å². The molecule has 0 amide bonds. The van der Waals surface area contributed by atoms with Crippen molar-refractivity contribution in [2.45, 2.75) is 18.9 Å². The van der Waals surface area contributed by atoms with Crippen LogP contribution in [-0.2, 0) is 4.74 Å². The number of nitrogens with two attached hydrogens (primary N) is 1. The first-order chi connectivity index (χ1) is 12.8. The summed E-state index contributed by atoms with van der Waals surface area (Å²) in [6.07, 6.45) is 5.86. The van der Waals surface area contributed by atoms with Crippen molar-refractivity contribution in [2.75, 3.05) is 60.2 Å². The van der Waals surface area contributed by atoms with Gasteiger partial charge in [0, 0.05) is 45.5 Å². The van der Waals surface area contributed by atoms with Crippen LogP contribution < -0.4 is 20.9 Å². The summed E-state index contributed by atoms with van der Waals surface area (Å²) < 4.78 is 5.65. The van der Waals surface area contributed by atoms with Crippen LogP contribution in [0.4, 0.5) is 23.1 Å². The second kappa shape index (κ2) is 7.74. The molecule has 2 saturated heterocycles. The number of nitrogen functional groups attached to an aromatic ring is 1. The number of hydrogen-bond acceptors (Lipinski definition) is 8. The lowest BCUT2D eigenvalue weighted by molar-refractivity contribution is 0.120. The largest absolute Gasteiger partial charge is 0.393 e. The van der Waals surface area contributed by atoms with Crippen molar-refractivity contribution in [2.24, 2.45) is 0 Å². The van der Waals surface area contributed by atoms with Gasteiger partial charge in [-0.05, 0) is 25.0 Å². The van der Waals surface area contributed by atoms with E-state index in [1.54, 1.807) is 6.33 Å². The number of aromatic nitrogens is 3. The molecule has 1 atom stereocenters. The minimum absolute atomic E-state index is 0.245. The molecule has 2 aromatic rings. The summed E-state index contributed by atoms with van der Waals surface area (Å²) in [5.74, 6) is 2.51. The number of piperazine rings is 1. The molecule has 2 aliphatic heterocycles. The Morgan fingerprint density at radius 2 is 1.96 bits per heavy atom. The molecule has 0 spiro atoms. The maximum Gasteiger partial charge on any atom is 0.157 e. The lowest BCUT2D eigenvalue weighted by Gasteiger charge is -2.36. The number of rotatable bonds is 5. The Labute approximate surface area is 153 Å². The zero-order valence-corrected chi connectivity index (χ0v) is 14.8. The highest BCUT2D eigenvalue weighted by molar-refractivity contribution is 5.75. The summed E-state index contributed by atoms with van der Waals surface area (Å²) in [6, 6.07) is 6.00. The molecule has 8 nitrogen and oxygen atoms in total. The quantitative estimate of drug-likeness (QED) is 0.831. The highest BCUT2D eigenvalue weighted by Crippen LogP contribution is 2.28. The Hall–Kier alpha value is -2.61. The lowest BCUT2D eigenvalue weighted by atomic mass is 10.2. The summed E-state index contributed by atoms with van der Waals surface area (Å²) in [6.45, 7) is 5.05. The molecule has 0 saturated carbocycles. The molecule has 4 heterocycles. The standard InChI is InChI=1S/C18H25N7O/c19-16-17(21-12-14-4-3-11-26-14)22-13-23-18(16)25-9-7-24(8-10-25)15-5-1-2-6-20-15/h1-2,5-6,13-14H,3-4,7-12,19H2,(H,21,22,23). The van der Waals surface area contributed by atoms with Gasteiger partial charge >= 0.3 is 0 Å². The van der Waals surface area contributed by atoms with Gasteiger partial charge in [0.2, 0.25) is 0 Å². The Kier molecular flexibility index (Phi) is 5.01. The van der Waals surface area contributed by atoms with Gasteiger partial charge in [0.25, 0.3) is 0 Å². The van der Waals surface area contributed by atoms with Gasteiger partial charge in [-0.25, -0.2) is 15.0 Å². The number of nitrogens with one attached hydrogen (secondary N) is 1. The van der Waals surface area contributed by atoms with E-state index in [1.807, 2.05) is 24.4 Å². The van der Waals surface area contributed by atoms with Crippen molar-refractivity contribution in [1.82, 2.24) is 15.0 Å². The van der Waals surface area contributed by atoms with Crippen LogP contribution in [0, 0.1) is 0 Å². The van der Waals surface area contributed by atoms with Crippen LogP contribution in [-0.4, -0.2) is 60.4 Å². The number of anilines is 4. The van der Waals surface area contributed by atoms with Crippen LogP contribution in [0.2, 0.25) is 0 Å². The fraction of sp³-hybridized carbons (Fsp3) is 0.500. The predicted molar refractivity (Wildman–Crippen MR) is 103 cm³/mol. The highest BCUT2D eigenvalue weighted by atomic mass is 16.5. The molecule has 3 N–H and O–H groups in total. The topological polar surface area (TPSA) is 92.4 Å². The average molecular weight is 355 g/mol. The maximum absolute atomic E-state index is 6.35. The van der Waals surface area contributed by atoms with Crippen molar-refractivity contribution in [1.29, 1.82) is 0 Å². The van der Waals surface area contributed by atoms with Gasteiger partial charge in [-0.15, -0.1) is 0 Å². The Morgan fingerprint density at radius 1 is 1.12 bits per heavy atom. The summed E-state index contributed by atoms with van der Waals surface area (Å²) >= 11 is 0. The van der Waals surface area contributed by atoms with E-state index in [0.29, 0.717) is 11.5 Å². The summed E-state index contributed by atoms with van der Waals surface area (Å²) in [4.78, 5) is 17.7. The van der Waals surface area contributed by atoms with Gasteiger partial charge in [-0.1, -0.05) is 6.07 Å². The Bertz CT molecular complexity index is 713. The van der Waals surface area contributed by atoms with Crippen LogP contribution in [0.25, 0.3) is 0 Å². The first-order valence-corrected chi connectivity index (χ1v) is 9.18. The average Bonchev–Trinajstić information content (AvgIpc) is 3.22. The van der Waals surface area contributed by atoms with E-state index in [-0.39, 0.29) is 6.10 Å². The third-order valence-corrected chi connectivity index (χ3v) is 4.94. The first-order valence-electron chi connectivity index (χ1n) is 9.18. The van der Waals surface area contributed by atoms with Crippen molar-refractivity contribution in [3.8, 4) is 0 Å². The van der Waals surface area contributed by atoms with E-state index in [1.165, 1.54) is 0 Å². The molecule has 2 aromatic heterocycles. The second-order valence-electron chi connectivity index (χ2n) is 6.64. The van der Waals surface area contributed by atoms with Crippen LogP contribution in [0.15, 0.2) is 30.7 Å². The smallest absolute Gasteiger partial charge is 0.157 e. The molecule has 8 heteroatoms. The second-order valence-corrected chi connectivity index (χ2v) is 6.64. The third-order valence-electron chi connectivity index (χ3n) is 4.94. The molecule has 0 aliphatic carbocycles. The van der Waals surface area contributed by atoms with Crippen molar-refractivity contribution in [3.63, 3.8) is 0 Å².